The first-order chi connectivity index (χ1) is 9.56. The van der Waals surface area contributed by atoms with Gasteiger partial charge >= 0.3 is 0 Å². The van der Waals surface area contributed by atoms with Gasteiger partial charge in [-0.1, -0.05) is 29.5 Å². The summed E-state index contributed by atoms with van der Waals surface area (Å²) < 4.78 is 1.84. The SMILES string of the molecule is CC(C)(C)NCC/C=C/c1cnnn1-c1ccccc1. The topological polar surface area (TPSA) is 42.7 Å². The second-order valence-electron chi connectivity index (χ2n) is 5.77. The molecule has 0 amide bonds. The minimum absolute atomic E-state index is 0.168. The molecule has 0 radical (unpaired) electrons. The second-order valence-corrected chi connectivity index (χ2v) is 5.77. The minimum Gasteiger partial charge on any atom is -0.312 e. The highest BCUT2D eigenvalue weighted by Crippen LogP contribution is 2.10. The molecule has 0 spiro atoms. The maximum Gasteiger partial charge on any atom is 0.0868 e. The molecule has 0 aliphatic carbocycles. The first-order valence-electron chi connectivity index (χ1n) is 6.94. The zero-order chi connectivity index (χ0) is 14.4. The molecule has 0 saturated heterocycles. The molecule has 0 atom stereocenters. The van der Waals surface area contributed by atoms with Gasteiger partial charge in [0.25, 0.3) is 0 Å². The molecule has 0 bridgehead atoms. The predicted octanol–water partition coefficient (Wildman–Crippen LogP) is 3.06. The quantitative estimate of drug-likeness (QED) is 0.849. The van der Waals surface area contributed by atoms with E-state index in [4.69, 9.17) is 0 Å². The van der Waals surface area contributed by atoms with Crippen LogP contribution in [0.3, 0.4) is 0 Å². The third-order valence-corrected chi connectivity index (χ3v) is 2.83. The lowest BCUT2D eigenvalue weighted by molar-refractivity contribution is 0.431. The molecule has 0 aliphatic rings. The van der Waals surface area contributed by atoms with Gasteiger partial charge in [0.05, 0.1) is 17.6 Å². The van der Waals surface area contributed by atoms with Crippen LogP contribution >= 0.6 is 0 Å². The summed E-state index contributed by atoms with van der Waals surface area (Å²) in [4.78, 5) is 0. The van der Waals surface area contributed by atoms with E-state index < -0.39 is 0 Å². The van der Waals surface area contributed by atoms with E-state index in [2.05, 4.69) is 48.6 Å². The number of hydrogen-bond donors (Lipinski definition) is 1. The lowest BCUT2D eigenvalue weighted by Crippen LogP contribution is -2.36. The standard InChI is InChI=1S/C16H22N4/c1-16(2,3)17-12-8-7-11-15-13-18-19-20(15)14-9-5-4-6-10-14/h4-7,9-11,13,17H,8,12H2,1-3H3/b11-7+. The van der Waals surface area contributed by atoms with Crippen LogP contribution in [0.5, 0.6) is 0 Å². The third kappa shape index (κ3) is 4.31. The summed E-state index contributed by atoms with van der Waals surface area (Å²) in [5.74, 6) is 0. The van der Waals surface area contributed by atoms with E-state index in [9.17, 15) is 0 Å². The van der Waals surface area contributed by atoms with Crippen LogP contribution in [0.1, 0.15) is 32.9 Å². The molecule has 1 heterocycles. The Bertz CT molecular complexity index is 549. The zero-order valence-electron chi connectivity index (χ0n) is 12.4. The van der Waals surface area contributed by atoms with Crippen molar-refractivity contribution in [3.05, 3.63) is 48.3 Å². The fourth-order valence-corrected chi connectivity index (χ4v) is 1.86. The van der Waals surface area contributed by atoms with E-state index >= 15 is 0 Å². The zero-order valence-corrected chi connectivity index (χ0v) is 12.4. The highest BCUT2D eigenvalue weighted by atomic mass is 15.4. The van der Waals surface area contributed by atoms with E-state index in [-0.39, 0.29) is 5.54 Å². The molecule has 1 aromatic heterocycles. The van der Waals surface area contributed by atoms with E-state index in [0.717, 1.165) is 24.3 Å². The van der Waals surface area contributed by atoms with Gasteiger partial charge in [-0.3, -0.25) is 0 Å². The van der Waals surface area contributed by atoms with Crippen molar-refractivity contribution in [1.82, 2.24) is 20.3 Å². The Hall–Kier alpha value is -1.94. The smallest absolute Gasteiger partial charge is 0.0868 e. The molecule has 0 fully saturated rings. The largest absolute Gasteiger partial charge is 0.312 e. The summed E-state index contributed by atoms with van der Waals surface area (Å²) >= 11 is 0. The predicted molar refractivity (Wildman–Crippen MR) is 82.8 cm³/mol. The molecule has 1 aromatic carbocycles. The number of nitrogens with zero attached hydrogens (tertiary/aromatic N) is 3. The van der Waals surface area contributed by atoms with Crippen molar-refractivity contribution in [2.24, 2.45) is 0 Å². The monoisotopic (exact) mass is 270 g/mol. The molecular weight excluding hydrogens is 248 g/mol. The van der Waals surface area contributed by atoms with Gasteiger partial charge in [-0.25, -0.2) is 4.68 Å². The van der Waals surface area contributed by atoms with Gasteiger partial charge in [-0.15, -0.1) is 5.10 Å². The average Bonchev–Trinajstić information content (AvgIpc) is 2.86. The van der Waals surface area contributed by atoms with Gasteiger partial charge in [0.15, 0.2) is 0 Å². The Balaban J connectivity index is 1.96. The number of benzene rings is 1. The van der Waals surface area contributed by atoms with Crippen molar-refractivity contribution in [2.45, 2.75) is 32.7 Å². The Morgan fingerprint density at radius 2 is 1.95 bits per heavy atom. The number of rotatable bonds is 5. The van der Waals surface area contributed by atoms with Gasteiger partial charge < -0.3 is 5.32 Å². The Morgan fingerprint density at radius 3 is 2.65 bits per heavy atom. The molecule has 2 rings (SSSR count). The number of hydrogen-bond acceptors (Lipinski definition) is 3. The normalized spacial score (nSPS) is 12.2. The van der Waals surface area contributed by atoms with Crippen LogP contribution in [-0.2, 0) is 0 Å². The van der Waals surface area contributed by atoms with Gasteiger partial charge in [-0.2, -0.15) is 0 Å². The molecule has 4 heteroatoms. The van der Waals surface area contributed by atoms with E-state index in [1.165, 1.54) is 0 Å². The molecule has 2 aromatic rings. The van der Waals surface area contributed by atoms with Crippen LogP contribution in [0.15, 0.2) is 42.6 Å². The van der Waals surface area contributed by atoms with E-state index in [1.54, 1.807) is 6.20 Å². The van der Waals surface area contributed by atoms with Crippen LogP contribution in [0.25, 0.3) is 11.8 Å². The summed E-state index contributed by atoms with van der Waals surface area (Å²) in [7, 11) is 0. The summed E-state index contributed by atoms with van der Waals surface area (Å²) in [6.07, 6.45) is 6.98. The molecule has 20 heavy (non-hydrogen) atoms. The van der Waals surface area contributed by atoms with Crippen molar-refractivity contribution >= 4 is 6.08 Å². The fourth-order valence-electron chi connectivity index (χ4n) is 1.86. The van der Waals surface area contributed by atoms with Crippen LogP contribution in [0, 0.1) is 0 Å². The molecular formula is C16H22N4. The Kier molecular flexibility index (Phi) is 4.69. The number of para-hydroxylation sites is 1. The van der Waals surface area contributed by atoms with Gasteiger partial charge in [-0.05, 0) is 51.9 Å². The Labute approximate surface area is 120 Å². The maximum absolute atomic E-state index is 4.12. The highest BCUT2D eigenvalue weighted by Gasteiger charge is 2.06. The average molecular weight is 270 g/mol. The minimum atomic E-state index is 0.168. The lowest BCUT2D eigenvalue weighted by atomic mass is 10.1. The number of nitrogens with one attached hydrogen (secondary N) is 1. The maximum atomic E-state index is 4.12. The third-order valence-electron chi connectivity index (χ3n) is 2.83. The van der Waals surface area contributed by atoms with E-state index in [0.29, 0.717) is 0 Å². The summed E-state index contributed by atoms with van der Waals surface area (Å²) in [5, 5.41) is 11.6. The Morgan fingerprint density at radius 1 is 1.20 bits per heavy atom. The number of aromatic nitrogens is 3. The van der Waals surface area contributed by atoms with Crippen molar-refractivity contribution in [3.63, 3.8) is 0 Å². The van der Waals surface area contributed by atoms with Gasteiger partial charge in [0, 0.05) is 5.54 Å². The molecule has 4 nitrogen and oxygen atoms in total. The highest BCUT2D eigenvalue weighted by molar-refractivity contribution is 5.47. The summed E-state index contributed by atoms with van der Waals surface area (Å²) in [5.41, 5.74) is 2.19. The van der Waals surface area contributed by atoms with Crippen molar-refractivity contribution < 1.29 is 0 Å². The van der Waals surface area contributed by atoms with Crippen LogP contribution < -0.4 is 5.32 Å². The molecule has 0 saturated carbocycles. The summed E-state index contributed by atoms with van der Waals surface area (Å²) in [6.45, 7) is 7.48. The van der Waals surface area contributed by atoms with Gasteiger partial charge in [0.2, 0.25) is 0 Å². The van der Waals surface area contributed by atoms with E-state index in [1.807, 2.05) is 35.0 Å². The van der Waals surface area contributed by atoms with Crippen LogP contribution in [0.2, 0.25) is 0 Å². The van der Waals surface area contributed by atoms with Crippen molar-refractivity contribution in [2.75, 3.05) is 6.54 Å². The summed E-state index contributed by atoms with van der Waals surface area (Å²) in [6, 6.07) is 10.0. The molecule has 0 unspecified atom stereocenters. The first-order valence-corrected chi connectivity index (χ1v) is 6.94. The van der Waals surface area contributed by atoms with Gasteiger partial charge in [0.1, 0.15) is 0 Å². The van der Waals surface area contributed by atoms with Crippen molar-refractivity contribution in [3.8, 4) is 5.69 Å². The first kappa shape index (κ1) is 14.5. The van der Waals surface area contributed by atoms with Crippen LogP contribution in [0.4, 0.5) is 0 Å². The second kappa shape index (κ2) is 6.48. The molecule has 106 valence electrons. The lowest BCUT2D eigenvalue weighted by Gasteiger charge is -2.19. The van der Waals surface area contributed by atoms with Crippen molar-refractivity contribution in [1.29, 1.82) is 0 Å². The fraction of sp³-hybridized carbons (Fsp3) is 0.375. The molecule has 0 aliphatic heterocycles. The molecule has 1 N–H and O–H groups in total. The van der Waals surface area contributed by atoms with Crippen LogP contribution in [-0.4, -0.2) is 27.1 Å².